The molecule has 1 aromatic carbocycles. The maximum absolute atomic E-state index is 12.1. The molecule has 0 saturated heterocycles. The monoisotopic (exact) mass is 327 g/mol. The van der Waals surface area contributed by atoms with Gasteiger partial charge in [0, 0.05) is 23.2 Å². The van der Waals surface area contributed by atoms with Gasteiger partial charge in [0.2, 0.25) is 0 Å². The van der Waals surface area contributed by atoms with E-state index in [1.807, 2.05) is 19.1 Å². The van der Waals surface area contributed by atoms with E-state index in [1.54, 1.807) is 12.1 Å². The molecule has 1 aliphatic rings. The van der Waals surface area contributed by atoms with E-state index in [0.29, 0.717) is 11.3 Å². The summed E-state index contributed by atoms with van der Waals surface area (Å²) >= 11 is 0. The van der Waals surface area contributed by atoms with E-state index in [4.69, 9.17) is 9.15 Å². The summed E-state index contributed by atoms with van der Waals surface area (Å²) in [5, 5.41) is 3.54. The molecular formula is C19H21NO4. The Bertz CT molecular complexity index is 822. The van der Waals surface area contributed by atoms with Crippen molar-refractivity contribution in [2.24, 2.45) is 0 Å². The highest BCUT2D eigenvalue weighted by Crippen LogP contribution is 2.21. The Morgan fingerprint density at radius 3 is 3.00 bits per heavy atom. The number of carbonyl (C=O) groups excluding carboxylic acids is 1. The SMILES string of the molecule is Cc1cc(=O)oc2cc(NC(=O)OC3/C=C/CCCCC3)ccc12. The summed E-state index contributed by atoms with van der Waals surface area (Å²) in [4.78, 5) is 23.6. The van der Waals surface area contributed by atoms with Gasteiger partial charge in [0.1, 0.15) is 11.7 Å². The molecule has 1 aromatic heterocycles. The van der Waals surface area contributed by atoms with Gasteiger partial charge in [-0.3, -0.25) is 5.32 Å². The third kappa shape index (κ3) is 4.04. The number of benzene rings is 1. The van der Waals surface area contributed by atoms with E-state index in [1.165, 1.54) is 12.5 Å². The van der Waals surface area contributed by atoms with Crippen molar-refractivity contribution in [2.75, 3.05) is 5.32 Å². The Balaban J connectivity index is 1.70. The minimum atomic E-state index is -0.500. The minimum Gasteiger partial charge on any atom is -0.442 e. The van der Waals surface area contributed by atoms with E-state index in [9.17, 15) is 9.59 Å². The van der Waals surface area contributed by atoms with Crippen LogP contribution in [-0.2, 0) is 4.74 Å². The number of rotatable bonds is 2. The lowest BCUT2D eigenvalue weighted by Crippen LogP contribution is -2.21. The molecule has 5 heteroatoms. The second-order valence-corrected chi connectivity index (χ2v) is 6.09. The molecule has 1 amide bonds. The van der Waals surface area contributed by atoms with Crippen molar-refractivity contribution in [2.45, 2.75) is 45.1 Å². The van der Waals surface area contributed by atoms with Gasteiger partial charge in [0.15, 0.2) is 0 Å². The zero-order valence-corrected chi connectivity index (χ0v) is 13.7. The molecule has 3 rings (SSSR count). The highest BCUT2D eigenvalue weighted by atomic mass is 16.6. The molecule has 0 bridgehead atoms. The van der Waals surface area contributed by atoms with Crippen LogP contribution in [-0.4, -0.2) is 12.2 Å². The summed E-state index contributed by atoms with van der Waals surface area (Å²) in [5.41, 5.74) is 1.43. The summed E-state index contributed by atoms with van der Waals surface area (Å²) in [6.07, 6.45) is 8.63. The van der Waals surface area contributed by atoms with Gasteiger partial charge >= 0.3 is 11.7 Å². The van der Waals surface area contributed by atoms with Gasteiger partial charge < -0.3 is 9.15 Å². The predicted octanol–water partition coefficient (Wildman–Crippen LogP) is 4.54. The highest BCUT2D eigenvalue weighted by molar-refractivity contribution is 5.90. The average Bonchev–Trinajstić information content (AvgIpc) is 2.49. The first kappa shape index (κ1) is 16.3. The first-order chi connectivity index (χ1) is 11.6. The van der Waals surface area contributed by atoms with E-state index in [-0.39, 0.29) is 6.10 Å². The van der Waals surface area contributed by atoms with Crippen molar-refractivity contribution in [3.63, 3.8) is 0 Å². The lowest BCUT2D eigenvalue weighted by atomic mass is 10.0. The molecule has 1 atom stereocenters. The Kier molecular flexibility index (Phi) is 4.99. The lowest BCUT2D eigenvalue weighted by molar-refractivity contribution is 0.127. The van der Waals surface area contributed by atoms with Gasteiger partial charge in [0.05, 0.1) is 0 Å². The molecule has 0 aliphatic heterocycles. The molecule has 5 nitrogen and oxygen atoms in total. The van der Waals surface area contributed by atoms with E-state index >= 15 is 0 Å². The maximum atomic E-state index is 12.1. The number of fused-ring (bicyclic) bond motifs is 1. The van der Waals surface area contributed by atoms with Crippen LogP contribution in [0.4, 0.5) is 10.5 Å². The highest BCUT2D eigenvalue weighted by Gasteiger charge is 2.13. The van der Waals surface area contributed by atoms with Gasteiger partial charge in [0.25, 0.3) is 0 Å². The Morgan fingerprint density at radius 1 is 1.25 bits per heavy atom. The van der Waals surface area contributed by atoms with E-state index in [2.05, 4.69) is 11.4 Å². The number of nitrogens with one attached hydrogen (secondary N) is 1. The fourth-order valence-corrected chi connectivity index (χ4v) is 2.91. The molecule has 0 saturated carbocycles. The number of amides is 1. The zero-order valence-electron chi connectivity index (χ0n) is 13.7. The molecule has 1 aliphatic carbocycles. The van der Waals surface area contributed by atoms with Gasteiger partial charge in [-0.15, -0.1) is 0 Å². The third-order valence-electron chi connectivity index (χ3n) is 4.17. The van der Waals surface area contributed by atoms with Crippen LogP contribution in [0.1, 0.15) is 37.7 Å². The molecule has 2 aromatic rings. The van der Waals surface area contributed by atoms with Crippen LogP contribution in [0.5, 0.6) is 0 Å². The zero-order chi connectivity index (χ0) is 16.9. The fraction of sp³-hybridized carbons (Fsp3) is 0.368. The van der Waals surface area contributed by atoms with Crippen molar-refractivity contribution in [3.05, 3.63) is 52.4 Å². The van der Waals surface area contributed by atoms with Crippen LogP contribution in [0.15, 0.2) is 45.6 Å². The number of anilines is 1. The van der Waals surface area contributed by atoms with Crippen LogP contribution in [0.2, 0.25) is 0 Å². The number of hydrogen-bond donors (Lipinski definition) is 1. The molecule has 1 unspecified atom stereocenters. The molecule has 0 spiro atoms. The van der Waals surface area contributed by atoms with E-state index in [0.717, 1.165) is 36.6 Å². The summed E-state index contributed by atoms with van der Waals surface area (Å²) in [6.45, 7) is 1.85. The van der Waals surface area contributed by atoms with Crippen LogP contribution in [0.3, 0.4) is 0 Å². The fourth-order valence-electron chi connectivity index (χ4n) is 2.91. The predicted molar refractivity (Wildman–Crippen MR) is 93.3 cm³/mol. The first-order valence-electron chi connectivity index (χ1n) is 8.30. The summed E-state index contributed by atoms with van der Waals surface area (Å²) in [6, 6.07) is 6.67. The van der Waals surface area contributed by atoms with Crippen LogP contribution in [0.25, 0.3) is 11.0 Å². The Morgan fingerprint density at radius 2 is 2.12 bits per heavy atom. The molecular weight excluding hydrogens is 306 g/mol. The number of carbonyl (C=O) groups is 1. The number of aryl methyl sites for hydroxylation is 1. The van der Waals surface area contributed by atoms with Gasteiger partial charge in [-0.2, -0.15) is 0 Å². The van der Waals surface area contributed by atoms with Gasteiger partial charge in [-0.05, 0) is 56.4 Å². The van der Waals surface area contributed by atoms with E-state index < -0.39 is 11.7 Å². The summed E-state index contributed by atoms with van der Waals surface area (Å²) in [5.74, 6) is 0. The third-order valence-corrected chi connectivity index (χ3v) is 4.17. The van der Waals surface area contributed by atoms with Crippen molar-refractivity contribution < 1.29 is 13.9 Å². The van der Waals surface area contributed by atoms with Crippen molar-refractivity contribution in [1.82, 2.24) is 0 Å². The summed E-state index contributed by atoms with van der Waals surface area (Å²) < 4.78 is 10.6. The standard InChI is InChI=1S/C19H21NO4/c1-13-11-18(21)24-17-12-14(9-10-16(13)17)20-19(22)23-15-7-5-3-2-4-6-8-15/h5,7,9-12,15H,2-4,6,8H2,1H3,(H,20,22)/b7-5+. The molecule has 0 fully saturated rings. The van der Waals surface area contributed by atoms with Gasteiger partial charge in [-0.25, -0.2) is 9.59 Å². The second-order valence-electron chi connectivity index (χ2n) is 6.09. The Labute approximate surface area is 140 Å². The molecule has 0 radical (unpaired) electrons. The van der Waals surface area contributed by atoms with Crippen molar-refractivity contribution in [3.8, 4) is 0 Å². The van der Waals surface area contributed by atoms with Gasteiger partial charge in [-0.1, -0.05) is 12.5 Å². The first-order valence-corrected chi connectivity index (χ1v) is 8.30. The van der Waals surface area contributed by atoms with Crippen LogP contribution >= 0.6 is 0 Å². The number of hydrogen-bond acceptors (Lipinski definition) is 4. The second kappa shape index (κ2) is 7.34. The van der Waals surface area contributed by atoms with Crippen LogP contribution in [0, 0.1) is 6.92 Å². The topological polar surface area (TPSA) is 68.5 Å². The van der Waals surface area contributed by atoms with Crippen molar-refractivity contribution >= 4 is 22.7 Å². The van der Waals surface area contributed by atoms with Crippen LogP contribution < -0.4 is 10.9 Å². The lowest BCUT2D eigenvalue weighted by Gasteiger charge is -2.16. The average molecular weight is 327 g/mol. The van der Waals surface area contributed by atoms with Crippen molar-refractivity contribution in [1.29, 1.82) is 0 Å². The molecule has 1 heterocycles. The molecule has 1 N–H and O–H groups in total. The minimum absolute atomic E-state index is 0.189. The summed E-state index contributed by atoms with van der Waals surface area (Å²) in [7, 11) is 0. The normalized spacial score (nSPS) is 19.3. The molecule has 126 valence electrons. The quantitative estimate of drug-likeness (QED) is 0.649. The smallest absolute Gasteiger partial charge is 0.412 e. The largest absolute Gasteiger partial charge is 0.442 e. The Hall–Kier alpha value is -2.56. The maximum Gasteiger partial charge on any atom is 0.412 e. The number of allylic oxidation sites excluding steroid dienone is 1. The number of ether oxygens (including phenoxy) is 1. The molecule has 24 heavy (non-hydrogen) atoms.